The quantitative estimate of drug-likeness (QED) is 0.277. The first-order valence-electron chi connectivity index (χ1n) is 4.27. The minimum absolute atomic E-state index is 0.127. The topological polar surface area (TPSA) is 89.7 Å². The number of carbonyl (C=O) groups excluding carboxylic acids is 1. The van der Waals surface area contributed by atoms with Gasteiger partial charge in [-0.25, -0.2) is 4.79 Å². The van der Waals surface area contributed by atoms with Crippen LogP contribution in [0.1, 0.15) is 6.92 Å². The minimum atomic E-state index is -0.756. The second-order valence-electron chi connectivity index (χ2n) is 3.08. The molecule has 0 aliphatic heterocycles. The number of ether oxygens (including phenoxy) is 1. The zero-order valence-corrected chi connectivity index (χ0v) is 8.47. The van der Waals surface area contributed by atoms with Gasteiger partial charge in [-0.2, -0.15) is 0 Å². The fourth-order valence-corrected chi connectivity index (χ4v) is 0.922. The van der Waals surface area contributed by atoms with Gasteiger partial charge in [0.2, 0.25) is 5.75 Å². The standard InChI is InChI=1S/C10H9NO5/c1-6(2)10(13)16-9-4-3-7(12)5-8(9)11(14)15/h3-5,12H,1H2,2H3. The molecule has 6 heteroatoms. The maximum Gasteiger partial charge on any atom is 0.338 e. The molecule has 0 bridgehead atoms. The van der Waals surface area contributed by atoms with Crippen molar-refractivity contribution < 1.29 is 19.6 Å². The molecule has 1 rings (SSSR count). The summed E-state index contributed by atoms with van der Waals surface area (Å²) in [7, 11) is 0. The van der Waals surface area contributed by atoms with Crippen molar-refractivity contribution in [2.24, 2.45) is 0 Å². The molecule has 16 heavy (non-hydrogen) atoms. The zero-order chi connectivity index (χ0) is 12.3. The number of nitro benzene ring substituents is 1. The van der Waals surface area contributed by atoms with Crippen LogP contribution < -0.4 is 4.74 Å². The van der Waals surface area contributed by atoms with Crippen LogP contribution in [0.5, 0.6) is 11.5 Å². The number of rotatable bonds is 3. The molecule has 1 N–H and O–H groups in total. The molecule has 0 aromatic heterocycles. The van der Waals surface area contributed by atoms with E-state index in [-0.39, 0.29) is 17.1 Å². The Morgan fingerprint density at radius 2 is 2.19 bits per heavy atom. The molecule has 0 fully saturated rings. The monoisotopic (exact) mass is 223 g/mol. The van der Waals surface area contributed by atoms with E-state index in [1.807, 2.05) is 0 Å². The van der Waals surface area contributed by atoms with Crippen LogP contribution in [0.4, 0.5) is 5.69 Å². The molecule has 0 aliphatic rings. The Bertz CT molecular complexity index is 466. The average molecular weight is 223 g/mol. The number of hydrogen-bond donors (Lipinski definition) is 1. The predicted octanol–water partition coefficient (Wildman–Crippen LogP) is 1.78. The van der Waals surface area contributed by atoms with E-state index < -0.39 is 16.6 Å². The second kappa shape index (κ2) is 4.43. The molecule has 0 radical (unpaired) electrons. The van der Waals surface area contributed by atoms with Crippen LogP contribution in [0.3, 0.4) is 0 Å². The molecule has 0 spiro atoms. The highest BCUT2D eigenvalue weighted by Gasteiger charge is 2.18. The largest absolute Gasteiger partial charge is 0.508 e. The van der Waals surface area contributed by atoms with Crippen molar-refractivity contribution in [3.63, 3.8) is 0 Å². The molecule has 84 valence electrons. The van der Waals surface area contributed by atoms with Gasteiger partial charge in [0, 0.05) is 5.57 Å². The summed E-state index contributed by atoms with van der Waals surface area (Å²) >= 11 is 0. The summed E-state index contributed by atoms with van der Waals surface area (Å²) in [5, 5.41) is 19.7. The van der Waals surface area contributed by atoms with Crippen molar-refractivity contribution in [2.45, 2.75) is 6.92 Å². The molecular formula is C10H9NO5. The molecule has 1 aromatic carbocycles. The first kappa shape index (κ1) is 11.7. The van der Waals surface area contributed by atoms with E-state index in [9.17, 15) is 14.9 Å². The number of hydrogen-bond acceptors (Lipinski definition) is 5. The lowest BCUT2D eigenvalue weighted by Gasteiger charge is -2.04. The Morgan fingerprint density at radius 3 is 2.69 bits per heavy atom. The molecule has 0 saturated carbocycles. The lowest BCUT2D eigenvalue weighted by atomic mass is 10.2. The third-order valence-electron chi connectivity index (χ3n) is 1.69. The number of esters is 1. The number of aromatic hydroxyl groups is 1. The van der Waals surface area contributed by atoms with Crippen LogP contribution in [-0.2, 0) is 4.79 Å². The molecule has 0 saturated heterocycles. The second-order valence-corrected chi connectivity index (χ2v) is 3.08. The third kappa shape index (κ3) is 2.57. The molecule has 0 aliphatic carbocycles. The van der Waals surface area contributed by atoms with E-state index in [1.54, 1.807) is 0 Å². The Morgan fingerprint density at radius 1 is 1.56 bits per heavy atom. The molecule has 0 unspecified atom stereocenters. The molecule has 1 aromatic rings. The van der Waals surface area contributed by atoms with Crippen LogP contribution in [-0.4, -0.2) is 16.0 Å². The van der Waals surface area contributed by atoms with Gasteiger partial charge in [-0.15, -0.1) is 0 Å². The van der Waals surface area contributed by atoms with Gasteiger partial charge in [0.15, 0.2) is 0 Å². The van der Waals surface area contributed by atoms with Crippen LogP contribution >= 0.6 is 0 Å². The lowest BCUT2D eigenvalue weighted by molar-refractivity contribution is -0.385. The maximum atomic E-state index is 11.2. The number of phenols is 1. The Balaban J connectivity index is 3.09. The lowest BCUT2D eigenvalue weighted by Crippen LogP contribution is -2.09. The molecular weight excluding hydrogens is 214 g/mol. The number of carbonyl (C=O) groups is 1. The molecule has 0 atom stereocenters. The normalized spacial score (nSPS) is 9.56. The van der Waals surface area contributed by atoms with Crippen LogP contribution in [0, 0.1) is 10.1 Å². The van der Waals surface area contributed by atoms with E-state index in [0.717, 1.165) is 12.1 Å². The summed E-state index contributed by atoms with van der Waals surface area (Å²) in [4.78, 5) is 21.0. The van der Waals surface area contributed by atoms with Gasteiger partial charge in [-0.05, 0) is 19.1 Å². The highest BCUT2D eigenvalue weighted by Crippen LogP contribution is 2.30. The van der Waals surface area contributed by atoms with Gasteiger partial charge in [0.1, 0.15) is 5.75 Å². The summed E-state index contributed by atoms with van der Waals surface area (Å²) in [5.74, 6) is -1.26. The van der Waals surface area contributed by atoms with Crippen molar-refractivity contribution in [2.75, 3.05) is 0 Å². The van der Waals surface area contributed by atoms with E-state index in [0.29, 0.717) is 0 Å². The van der Waals surface area contributed by atoms with Gasteiger partial charge < -0.3 is 9.84 Å². The Labute approximate surface area is 90.9 Å². The van der Waals surface area contributed by atoms with Crippen molar-refractivity contribution in [1.29, 1.82) is 0 Å². The SMILES string of the molecule is C=C(C)C(=O)Oc1ccc(O)cc1[N+](=O)[O-]. The van der Waals surface area contributed by atoms with Crippen molar-refractivity contribution in [1.82, 2.24) is 0 Å². The van der Waals surface area contributed by atoms with Crippen LogP contribution in [0.25, 0.3) is 0 Å². The summed E-state index contributed by atoms with van der Waals surface area (Å²) in [5.41, 5.74) is -0.350. The molecule has 0 heterocycles. The summed E-state index contributed by atoms with van der Waals surface area (Å²) in [6, 6.07) is 3.24. The fraction of sp³-hybridized carbons (Fsp3) is 0.100. The van der Waals surface area contributed by atoms with Crippen LogP contribution in [0.2, 0.25) is 0 Å². The third-order valence-corrected chi connectivity index (χ3v) is 1.69. The van der Waals surface area contributed by atoms with Crippen molar-refractivity contribution in [3.05, 3.63) is 40.5 Å². The Kier molecular flexibility index (Phi) is 3.24. The van der Waals surface area contributed by atoms with Gasteiger partial charge in [-0.1, -0.05) is 6.58 Å². The number of nitrogens with zero attached hydrogens (tertiary/aromatic N) is 1. The number of phenolic OH excluding ortho intramolecular Hbond substituents is 1. The van der Waals surface area contributed by atoms with Crippen LogP contribution in [0.15, 0.2) is 30.4 Å². The minimum Gasteiger partial charge on any atom is -0.508 e. The first-order valence-corrected chi connectivity index (χ1v) is 4.27. The number of nitro groups is 1. The van der Waals surface area contributed by atoms with Gasteiger partial charge in [0.25, 0.3) is 0 Å². The molecule has 0 amide bonds. The smallest absolute Gasteiger partial charge is 0.338 e. The highest BCUT2D eigenvalue weighted by atomic mass is 16.6. The summed E-state index contributed by atoms with van der Waals surface area (Å²) in [6.07, 6.45) is 0. The molecule has 6 nitrogen and oxygen atoms in total. The summed E-state index contributed by atoms with van der Waals surface area (Å²) < 4.78 is 4.73. The average Bonchev–Trinajstić information content (AvgIpc) is 2.20. The predicted molar refractivity (Wildman–Crippen MR) is 55.2 cm³/mol. The number of benzene rings is 1. The first-order chi connectivity index (χ1) is 7.41. The van der Waals surface area contributed by atoms with Gasteiger partial charge in [0.05, 0.1) is 11.0 Å². The Hall–Kier alpha value is -2.37. The van der Waals surface area contributed by atoms with E-state index >= 15 is 0 Å². The van der Waals surface area contributed by atoms with Crippen molar-refractivity contribution in [3.8, 4) is 11.5 Å². The van der Waals surface area contributed by atoms with Crippen molar-refractivity contribution >= 4 is 11.7 Å². The van der Waals surface area contributed by atoms with Gasteiger partial charge >= 0.3 is 11.7 Å². The fourth-order valence-electron chi connectivity index (χ4n) is 0.922. The van der Waals surface area contributed by atoms with E-state index in [2.05, 4.69) is 6.58 Å². The van der Waals surface area contributed by atoms with E-state index in [4.69, 9.17) is 9.84 Å². The highest BCUT2D eigenvalue weighted by molar-refractivity contribution is 5.89. The maximum absolute atomic E-state index is 11.2. The summed E-state index contributed by atoms with van der Waals surface area (Å²) in [6.45, 7) is 4.77. The zero-order valence-electron chi connectivity index (χ0n) is 8.47. The van der Waals surface area contributed by atoms with E-state index in [1.165, 1.54) is 13.0 Å². The van der Waals surface area contributed by atoms with Gasteiger partial charge in [-0.3, -0.25) is 10.1 Å².